The van der Waals surface area contributed by atoms with Crippen LogP contribution >= 0.6 is 0 Å². The molecule has 156 valence electrons. The predicted octanol–water partition coefficient (Wildman–Crippen LogP) is 3.15. The van der Waals surface area contributed by atoms with E-state index in [0.717, 1.165) is 11.3 Å². The second-order valence-corrected chi connectivity index (χ2v) is 9.02. The molecule has 1 aromatic carbocycles. The number of anilines is 1. The molecule has 29 heavy (non-hydrogen) atoms. The van der Waals surface area contributed by atoms with E-state index in [1.54, 1.807) is 4.68 Å². The fourth-order valence-electron chi connectivity index (χ4n) is 4.22. The lowest BCUT2D eigenvalue weighted by molar-refractivity contribution is -0.133. The van der Waals surface area contributed by atoms with Crippen LogP contribution in [0.2, 0.25) is 0 Å². The molecular formula is C22H32N6O. The number of nitrogens with zero attached hydrogens (tertiary/aromatic N) is 4. The summed E-state index contributed by atoms with van der Waals surface area (Å²) in [5.41, 5.74) is 10.2. The fourth-order valence-corrected chi connectivity index (χ4v) is 4.22. The van der Waals surface area contributed by atoms with Gasteiger partial charge in [-0.2, -0.15) is 5.10 Å². The third-order valence-electron chi connectivity index (χ3n) is 5.21. The van der Waals surface area contributed by atoms with Gasteiger partial charge in [0.15, 0.2) is 5.96 Å². The van der Waals surface area contributed by atoms with Crippen molar-refractivity contribution in [3.05, 3.63) is 47.3 Å². The van der Waals surface area contributed by atoms with Gasteiger partial charge in [-0.15, -0.1) is 0 Å². The van der Waals surface area contributed by atoms with Crippen molar-refractivity contribution in [2.75, 3.05) is 11.9 Å². The number of hydrogen-bond acceptors (Lipinski definition) is 3. The van der Waals surface area contributed by atoms with Gasteiger partial charge in [0.2, 0.25) is 5.91 Å². The lowest BCUT2D eigenvalue weighted by Crippen LogP contribution is -2.44. The lowest BCUT2D eigenvalue weighted by Gasteiger charge is -2.38. The van der Waals surface area contributed by atoms with Gasteiger partial charge in [-0.1, -0.05) is 6.07 Å². The van der Waals surface area contributed by atoms with Crippen molar-refractivity contribution in [1.29, 1.82) is 0 Å². The maximum atomic E-state index is 12.8. The van der Waals surface area contributed by atoms with Gasteiger partial charge in [-0.25, -0.2) is 0 Å². The molecule has 1 aromatic heterocycles. The second kappa shape index (κ2) is 7.89. The number of benzene rings is 1. The molecule has 0 saturated carbocycles. The fraction of sp³-hybridized carbons (Fsp3) is 0.500. The number of rotatable bonds is 4. The quantitative estimate of drug-likeness (QED) is 0.614. The van der Waals surface area contributed by atoms with E-state index in [0.29, 0.717) is 18.9 Å². The third kappa shape index (κ3) is 4.78. The summed E-state index contributed by atoms with van der Waals surface area (Å²) in [7, 11) is 1.89. The highest BCUT2D eigenvalue weighted by atomic mass is 16.2. The van der Waals surface area contributed by atoms with Crippen LogP contribution in [0.3, 0.4) is 0 Å². The van der Waals surface area contributed by atoms with E-state index in [1.807, 2.05) is 36.5 Å². The molecule has 7 nitrogen and oxygen atoms in total. The average Bonchev–Trinajstić information content (AvgIpc) is 3.14. The Bertz CT molecular complexity index is 903. The number of likely N-dealkylation sites (tertiary alicyclic amines) is 1. The number of aromatic nitrogens is 2. The first-order valence-corrected chi connectivity index (χ1v) is 10.0. The molecule has 0 aliphatic carbocycles. The van der Waals surface area contributed by atoms with E-state index >= 15 is 0 Å². The molecule has 2 atom stereocenters. The molecule has 1 saturated heterocycles. The molecule has 1 amide bonds. The first-order valence-electron chi connectivity index (χ1n) is 10.0. The van der Waals surface area contributed by atoms with Crippen LogP contribution < -0.4 is 11.1 Å². The largest absolute Gasteiger partial charge is 0.370 e. The van der Waals surface area contributed by atoms with Crippen LogP contribution in [-0.4, -0.2) is 38.6 Å². The highest BCUT2D eigenvalue weighted by Gasteiger charge is 2.45. The number of aryl methyl sites for hydroxylation is 3. The van der Waals surface area contributed by atoms with Crippen molar-refractivity contribution in [2.24, 2.45) is 23.7 Å². The molecule has 1 aliphatic heterocycles. The van der Waals surface area contributed by atoms with E-state index in [9.17, 15) is 4.79 Å². The Morgan fingerprint density at radius 2 is 1.93 bits per heavy atom. The Morgan fingerprint density at radius 3 is 2.48 bits per heavy atom. The maximum Gasteiger partial charge on any atom is 0.223 e. The van der Waals surface area contributed by atoms with Crippen molar-refractivity contribution in [3.8, 4) is 0 Å². The maximum absolute atomic E-state index is 12.8. The zero-order valence-corrected chi connectivity index (χ0v) is 18.2. The van der Waals surface area contributed by atoms with Crippen LogP contribution in [0.1, 0.15) is 49.9 Å². The van der Waals surface area contributed by atoms with Crippen LogP contribution in [0, 0.1) is 19.8 Å². The standard InChI is InChI=1S/C22H32N6O/c1-14-7-15(2)9-18(8-14)26-21(23)24-11-16-10-19(29)28(22(3,4)5)20(16)17-12-25-27(6)13-17/h7-9,12-13,16,20H,10-11H2,1-6H3,(H3,23,24,26)/t16-,20+/m0/s1. The summed E-state index contributed by atoms with van der Waals surface area (Å²) in [6.07, 6.45) is 4.28. The molecule has 0 unspecified atom stereocenters. The van der Waals surface area contributed by atoms with Gasteiger partial charge in [0.1, 0.15) is 0 Å². The highest BCUT2D eigenvalue weighted by molar-refractivity contribution is 5.92. The molecule has 0 bridgehead atoms. The zero-order chi connectivity index (χ0) is 21.3. The number of nitrogens with two attached hydrogens (primary N) is 1. The van der Waals surface area contributed by atoms with Crippen LogP contribution in [-0.2, 0) is 11.8 Å². The van der Waals surface area contributed by atoms with Crippen LogP contribution in [0.25, 0.3) is 0 Å². The molecule has 1 aliphatic rings. The number of hydrogen-bond donors (Lipinski definition) is 2. The van der Waals surface area contributed by atoms with E-state index < -0.39 is 0 Å². The van der Waals surface area contributed by atoms with Gasteiger partial charge < -0.3 is 16.0 Å². The number of amides is 1. The van der Waals surface area contributed by atoms with Crippen LogP contribution in [0.5, 0.6) is 0 Å². The van der Waals surface area contributed by atoms with E-state index in [-0.39, 0.29) is 23.4 Å². The Hall–Kier alpha value is -2.83. The highest BCUT2D eigenvalue weighted by Crippen LogP contribution is 2.42. The van der Waals surface area contributed by atoms with Crippen molar-refractivity contribution in [2.45, 2.75) is 52.6 Å². The summed E-state index contributed by atoms with van der Waals surface area (Å²) >= 11 is 0. The minimum Gasteiger partial charge on any atom is -0.370 e. The van der Waals surface area contributed by atoms with Crippen molar-refractivity contribution in [1.82, 2.24) is 14.7 Å². The second-order valence-electron chi connectivity index (χ2n) is 9.02. The molecular weight excluding hydrogens is 364 g/mol. The molecule has 7 heteroatoms. The molecule has 0 spiro atoms. The predicted molar refractivity (Wildman–Crippen MR) is 117 cm³/mol. The van der Waals surface area contributed by atoms with E-state index in [2.05, 4.69) is 56.1 Å². The summed E-state index contributed by atoms with van der Waals surface area (Å²) < 4.78 is 1.77. The topological polar surface area (TPSA) is 88.5 Å². The number of aliphatic imine (C=N–C) groups is 1. The first kappa shape index (κ1) is 20.9. The van der Waals surface area contributed by atoms with Crippen molar-refractivity contribution < 1.29 is 4.79 Å². The third-order valence-corrected chi connectivity index (χ3v) is 5.21. The van der Waals surface area contributed by atoms with E-state index in [1.165, 1.54) is 11.1 Å². The first-order chi connectivity index (χ1) is 13.5. The normalized spacial score (nSPS) is 20.4. The SMILES string of the molecule is Cc1cc(C)cc(NC(N)=NC[C@@H]2CC(=O)N(C(C)(C)C)[C@H]2c2cnn(C)c2)c1. The minimum atomic E-state index is -0.279. The Kier molecular flexibility index (Phi) is 5.68. The molecule has 3 rings (SSSR count). The summed E-state index contributed by atoms with van der Waals surface area (Å²) in [4.78, 5) is 19.4. The van der Waals surface area contributed by atoms with Gasteiger partial charge in [0.25, 0.3) is 0 Å². The summed E-state index contributed by atoms with van der Waals surface area (Å²) in [5, 5.41) is 7.48. The molecule has 0 radical (unpaired) electrons. The molecule has 3 N–H and O–H groups in total. The van der Waals surface area contributed by atoms with E-state index in [4.69, 9.17) is 5.73 Å². The monoisotopic (exact) mass is 396 g/mol. The summed E-state index contributed by atoms with van der Waals surface area (Å²) in [6, 6.07) is 6.12. The Balaban J connectivity index is 1.80. The van der Waals surface area contributed by atoms with Gasteiger partial charge >= 0.3 is 0 Å². The summed E-state index contributed by atoms with van der Waals surface area (Å²) in [6.45, 7) is 10.8. The van der Waals surface area contributed by atoms with Gasteiger partial charge in [0, 0.05) is 48.9 Å². The summed E-state index contributed by atoms with van der Waals surface area (Å²) in [5.74, 6) is 0.555. The van der Waals surface area contributed by atoms with Gasteiger partial charge in [-0.05, 0) is 57.9 Å². The van der Waals surface area contributed by atoms with Crippen molar-refractivity contribution in [3.63, 3.8) is 0 Å². The Morgan fingerprint density at radius 1 is 1.28 bits per heavy atom. The number of guanidine groups is 1. The minimum absolute atomic E-state index is 0.0468. The smallest absolute Gasteiger partial charge is 0.223 e. The van der Waals surface area contributed by atoms with Crippen LogP contribution in [0.15, 0.2) is 35.6 Å². The average molecular weight is 397 g/mol. The zero-order valence-electron chi connectivity index (χ0n) is 18.2. The van der Waals surface area contributed by atoms with Crippen molar-refractivity contribution >= 4 is 17.6 Å². The number of carbonyl (C=O) groups excluding carboxylic acids is 1. The molecule has 2 heterocycles. The molecule has 1 fully saturated rings. The Labute approximate surface area is 173 Å². The van der Waals surface area contributed by atoms with Crippen LogP contribution in [0.4, 0.5) is 5.69 Å². The lowest BCUT2D eigenvalue weighted by atomic mass is 9.93. The van der Waals surface area contributed by atoms with Gasteiger partial charge in [-0.3, -0.25) is 14.5 Å². The number of nitrogens with one attached hydrogen (secondary N) is 1. The number of carbonyl (C=O) groups is 1. The van der Waals surface area contributed by atoms with Gasteiger partial charge in [0.05, 0.1) is 12.2 Å². The molecule has 2 aromatic rings.